The van der Waals surface area contributed by atoms with E-state index in [4.69, 9.17) is 18.1 Å². The first-order chi connectivity index (χ1) is 24.6. The van der Waals surface area contributed by atoms with E-state index in [0.717, 1.165) is 22.3 Å². The third kappa shape index (κ3) is 15.3. The van der Waals surface area contributed by atoms with E-state index in [1.54, 1.807) is 84.9 Å². The maximum Gasteiger partial charge on any atom is 2.00 e. The van der Waals surface area contributed by atoms with Crippen molar-refractivity contribution < 1.29 is 47.2 Å². The summed E-state index contributed by atoms with van der Waals surface area (Å²) in [6, 6.07) is 23.6. The molecule has 2 atom stereocenters. The fraction of sp³-hybridized carbons (Fsp3) is 0.429. The molecule has 296 valence electrons. The molecule has 0 fully saturated rings. The van der Waals surface area contributed by atoms with Gasteiger partial charge in [-0.25, -0.2) is 0 Å². The van der Waals surface area contributed by atoms with Crippen LogP contribution in [0.1, 0.15) is 116 Å². The van der Waals surface area contributed by atoms with E-state index in [2.05, 4.69) is 0 Å². The summed E-state index contributed by atoms with van der Waals surface area (Å²) in [6.07, 6.45) is 0. The molecule has 0 heterocycles. The number of phosphoric ester groups is 2. The van der Waals surface area contributed by atoms with Gasteiger partial charge in [-0.1, -0.05) is 119 Å². The molecule has 0 amide bonds. The van der Waals surface area contributed by atoms with Gasteiger partial charge in [-0.3, -0.25) is 9.13 Å². The minimum absolute atomic E-state index is 0. The van der Waals surface area contributed by atoms with E-state index in [1.807, 2.05) is 83.1 Å². The molecule has 4 aromatic carbocycles. The molecule has 13 heteroatoms. The first kappa shape index (κ1) is 49.1. The fourth-order valence-corrected chi connectivity index (χ4v) is 6.90. The summed E-state index contributed by atoms with van der Waals surface area (Å²) in [5.41, 5.74) is 3.10. The second-order valence-electron chi connectivity index (χ2n) is 17.3. The second kappa shape index (κ2) is 19.1. The number of hydrogen-bond acceptors (Lipinski definition) is 10. The molecule has 0 bridgehead atoms. The Morgan fingerprint density at radius 2 is 0.727 bits per heavy atom. The quantitative estimate of drug-likeness (QED) is 0.116. The van der Waals surface area contributed by atoms with Gasteiger partial charge in [-0.05, 0) is 104 Å². The van der Waals surface area contributed by atoms with Gasteiger partial charge in [-0.2, -0.15) is 0 Å². The Morgan fingerprint density at radius 3 is 0.945 bits per heavy atom. The smallest absolute Gasteiger partial charge is 0.746 e. The first-order valence-corrected chi connectivity index (χ1v) is 20.7. The zero-order valence-corrected chi connectivity index (χ0v) is 40.5. The van der Waals surface area contributed by atoms with Crippen LogP contribution >= 0.6 is 15.6 Å². The van der Waals surface area contributed by atoms with E-state index < -0.39 is 15.6 Å². The molecule has 2 N–H and O–H groups in total. The van der Waals surface area contributed by atoms with Gasteiger partial charge in [0, 0.05) is 0 Å². The molecule has 4 rings (SSSR count). The van der Waals surface area contributed by atoms with Crippen LogP contribution in [0.3, 0.4) is 0 Å². The standard InChI is InChI=1S/2C21H29O5P.Ba/c2*1-20(2,3)17-12-15(13-18(19(17)22)21(4,5)6)14-25-27(23,24)26-16-10-8-7-9-11-16;/h2*7-13,22H,14H2,1-6H3,(H,23,24);/q;;+2/p-2. The largest absolute Gasteiger partial charge is 2.00 e. The van der Waals surface area contributed by atoms with Gasteiger partial charge < -0.3 is 38.1 Å². The van der Waals surface area contributed by atoms with Crippen LogP contribution in [0.4, 0.5) is 0 Å². The van der Waals surface area contributed by atoms with Crippen molar-refractivity contribution in [2.24, 2.45) is 0 Å². The van der Waals surface area contributed by atoms with Gasteiger partial charge >= 0.3 is 64.5 Å². The summed E-state index contributed by atoms with van der Waals surface area (Å²) in [5, 5.41) is 21.5. The minimum Gasteiger partial charge on any atom is -0.746 e. The summed E-state index contributed by atoms with van der Waals surface area (Å²) in [7, 11) is -9.03. The molecule has 4 aromatic rings. The van der Waals surface area contributed by atoms with Gasteiger partial charge in [0.25, 0.3) is 0 Å². The summed E-state index contributed by atoms with van der Waals surface area (Å²) in [4.78, 5) is 24.3. The number of phenolic OH excluding ortho intramolecular Hbond substituents is 2. The summed E-state index contributed by atoms with van der Waals surface area (Å²) < 4.78 is 44.4. The Hall–Kier alpha value is -2.05. The van der Waals surface area contributed by atoms with Crippen molar-refractivity contribution in [1.82, 2.24) is 0 Å². The zero-order valence-electron chi connectivity index (χ0n) is 34.3. The molecule has 0 aromatic heterocycles. The maximum absolute atomic E-state index is 12.1. The van der Waals surface area contributed by atoms with Crippen LogP contribution in [0, 0.1) is 0 Å². The van der Waals surface area contributed by atoms with Gasteiger partial charge in [0.05, 0.1) is 13.2 Å². The van der Waals surface area contributed by atoms with Crippen LogP contribution in [0.5, 0.6) is 23.0 Å². The molecule has 10 nitrogen and oxygen atoms in total. The Kier molecular flexibility index (Phi) is 17.1. The zero-order chi connectivity index (χ0) is 40.9. The molecular formula is C42H56BaO10P2. The third-order valence-corrected chi connectivity index (χ3v) is 10.0. The van der Waals surface area contributed by atoms with Crippen LogP contribution in [0.2, 0.25) is 0 Å². The summed E-state index contributed by atoms with van der Waals surface area (Å²) in [6.45, 7) is 23.6. The maximum atomic E-state index is 12.1. The van der Waals surface area contributed by atoms with Crippen molar-refractivity contribution in [3.8, 4) is 23.0 Å². The molecule has 0 spiro atoms. The van der Waals surface area contributed by atoms with Crippen LogP contribution in [0.15, 0.2) is 84.9 Å². The topological polar surface area (TPSA) is 158 Å². The number of hydrogen-bond donors (Lipinski definition) is 2. The fourth-order valence-electron chi connectivity index (χ4n) is 5.42. The Morgan fingerprint density at radius 1 is 0.491 bits per heavy atom. The molecule has 0 aliphatic heterocycles. The van der Waals surface area contributed by atoms with E-state index in [-0.39, 0.29) is 107 Å². The summed E-state index contributed by atoms with van der Waals surface area (Å²) >= 11 is 0. The van der Waals surface area contributed by atoms with Crippen molar-refractivity contribution in [2.75, 3.05) is 0 Å². The molecule has 55 heavy (non-hydrogen) atoms. The average Bonchev–Trinajstić information content (AvgIpc) is 3.02. The van der Waals surface area contributed by atoms with Crippen molar-refractivity contribution >= 4 is 64.5 Å². The molecule has 0 saturated carbocycles. The number of phosphoric acid groups is 2. The summed E-state index contributed by atoms with van der Waals surface area (Å²) in [5.74, 6) is 0.883. The van der Waals surface area contributed by atoms with Gasteiger partial charge in [-0.15, -0.1) is 0 Å². The van der Waals surface area contributed by atoms with Crippen molar-refractivity contribution in [3.05, 3.63) is 118 Å². The average molecular weight is 920 g/mol. The minimum atomic E-state index is -4.52. The number of aromatic hydroxyl groups is 2. The number of benzene rings is 4. The van der Waals surface area contributed by atoms with E-state index >= 15 is 0 Å². The van der Waals surface area contributed by atoms with Gasteiger partial charge in [0.15, 0.2) is 0 Å². The van der Waals surface area contributed by atoms with Crippen LogP contribution in [0.25, 0.3) is 0 Å². The van der Waals surface area contributed by atoms with Crippen molar-refractivity contribution in [3.63, 3.8) is 0 Å². The molecule has 0 aliphatic carbocycles. The van der Waals surface area contributed by atoms with Gasteiger partial charge in [0.2, 0.25) is 0 Å². The molecule has 0 radical (unpaired) electrons. The SMILES string of the molecule is CC(C)(C)c1cc(COP(=O)([O-])Oc2ccccc2)cc(C(C)(C)C)c1O.CC(C)(C)c1cc(COP(=O)([O-])Oc2ccccc2)cc(C(C)(C)C)c1O.[Ba+2]. The third-order valence-electron chi connectivity index (χ3n) is 8.27. The molecule has 2 unspecified atom stereocenters. The normalized spacial score (nSPS) is 14.4. The van der Waals surface area contributed by atoms with E-state index in [9.17, 15) is 29.1 Å². The van der Waals surface area contributed by atoms with Crippen LogP contribution in [-0.2, 0) is 53.1 Å². The number of rotatable bonds is 10. The van der Waals surface area contributed by atoms with E-state index in [0.29, 0.717) is 11.1 Å². The van der Waals surface area contributed by atoms with E-state index in [1.165, 1.54) is 0 Å². The Bertz CT molecular complexity index is 1740. The molecular weight excluding hydrogens is 864 g/mol. The Balaban J connectivity index is 0.000000373. The van der Waals surface area contributed by atoms with Crippen molar-refractivity contribution in [2.45, 2.75) is 118 Å². The molecule has 0 aliphatic rings. The second-order valence-corrected chi connectivity index (χ2v) is 20.0. The first-order valence-electron chi connectivity index (χ1n) is 17.7. The monoisotopic (exact) mass is 920 g/mol. The number of para-hydroxylation sites is 2. The molecule has 0 saturated heterocycles. The Labute approximate surface area is 367 Å². The van der Waals surface area contributed by atoms with Gasteiger partial charge in [0.1, 0.15) is 23.0 Å². The van der Waals surface area contributed by atoms with Crippen molar-refractivity contribution in [1.29, 1.82) is 0 Å². The van der Waals surface area contributed by atoms with Crippen LogP contribution in [-0.4, -0.2) is 59.1 Å². The van der Waals surface area contributed by atoms with Crippen LogP contribution < -0.4 is 18.8 Å². The predicted octanol–water partition coefficient (Wildman–Crippen LogP) is 9.72. The number of phenols is 2. The predicted molar refractivity (Wildman–Crippen MR) is 216 cm³/mol.